The first-order valence-corrected chi connectivity index (χ1v) is 7.85. The first-order chi connectivity index (χ1) is 11.1. The fourth-order valence-corrected chi connectivity index (χ4v) is 2.72. The van der Waals surface area contributed by atoms with Gasteiger partial charge in [-0.15, -0.1) is 0 Å². The minimum absolute atomic E-state index is 0.142. The van der Waals surface area contributed by atoms with E-state index in [9.17, 15) is 8.78 Å². The lowest BCUT2D eigenvalue weighted by atomic mass is 10.2. The Morgan fingerprint density at radius 1 is 1.00 bits per heavy atom. The molecule has 116 valence electrons. The summed E-state index contributed by atoms with van der Waals surface area (Å²) < 4.78 is 33.9. The molecule has 0 bridgehead atoms. The Morgan fingerprint density at radius 2 is 1.61 bits per heavy atom. The van der Waals surface area contributed by atoms with Crippen LogP contribution >= 0.6 is 22.6 Å². The molecule has 3 rings (SSSR count). The number of nitrogens with zero attached hydrogens (tertiary/aromatic N) is 2. The average Bonchev–Trinajstić information content (AvgIpc) is 3.07. The fourth-order valence-electron chi connectivity index (χ4n) is 1.96. The van der Waals surface area contributed by atoms with Crippen molar-refractivity contribution >= 4 is 26.2 Å². The van der Waals surface area contributed by atoms with E-state index in [1.54, 1.807) is 48.5 Å². The smallest absolute Gasteiger partial charge is 0.332 e. The van der Waals surface area contributed by atoms with Crippen molar-refractivity contribution in [2.45, 2.75) is 5.92 Å². The Bertz CT molecular complexity index is 817. The number of rotatable bonds is 4. The van der Waals surface area contributed by atoms with Crippen LogP contribution in [0.15, 0.2) is 71.3 Å². The van der Waals surface area contributed by atoms with Crippen LogP contribution < -0.4 is 0 Å². The molecule has 0 fully saturated rings. The highest BCUT2D eigenvalue weighted by molar-refractivity contribution is 14.1. The van der Waals surface area contributed by atoms with Crippen LogP contribution in [0.1, 0.15) is 11.5 Å². The van der Waals surface area contributed by atoms with Gasteiger partial charge in [-0.3, -0.25) is 0 Å². The van der Waals surface area contributed by atoms with Crippen LogP contribution in [-0.4, -0.2) is 10.1 Å². The maximum atomic E-state index is 14.3. The summed E-state index contributed by atoms with van der Waals surface area (Å²) in [7, 11) is 0. The van der Waals surface area contributed by atoms with Gasteiger partial charge in [0.25, 0.3) is 0 Å². The summed E-state index contributed by atoms with van der Waals surface area (Å²) in [5.41, 5.74) is 1.33. The summed E-state index contributed by atoms with van der Waals surface area (Å²) >= 11 is 1.87. The van der Waals surface area contributed by atoms with E-state index in [0.29, 0.717) is 14.7 Å². The summed E-state index contributed by atoms with van der Waals surface area (Å²) in [4.78, 5) is 3.82. The second kappa shape index (κ2) is 6.57. The van der Waals surface area contributed by atoms with E-state index in [2.05, 4.69) is 10.1 Å². The topological polar surface area (TPSA) is 38.9 Å². The van der Waals surface area contributed by atoms with Gasteiger partial charge in [-0.1, -0.05) is 65.8 Å². The minimum atomic E-state index is -3.34. The molecule has 0 unspecified atom stereocenters. The number of allylic oxidation sites excluding steroid dienone is 1. The van der Waals surface area contributed by atoms with Crippen LogP contribution in [-0.2, 0) is 5.92 Å². The van der Waals surface area contributed by atoms with Crippen molar-refractivity contribution in [1.82, 2.24) is 10.1 Å². The molecule has 3 aromatic rings. The van der Waals surface area contributed by atoms with Crippen molar-refractivity contribution in [3.05, 3.63) is 78.2 Å². The third kappa shape index (κ3) is 3.64. The molecule has 0 radical (unpaired) electrons. The zero-order chi connectivity index (χ0) is 16.3. The standard InChI is InChI=1S/C17H11F2IN2O/c18-17(19,11-14(20)12-7-3-1-4-8-12)16-21-15(22-23-16)13-9-5-2-6-10-13/h1-11H/b14-11+. The van der Waals surface area contributed by atoms with Gasteiger partial charge in [-0.05, 0) is 28.2 Å². The van der Waals surface area contributed by atoms with Gasteiger partial charge < -0.3 is 4.52 Å². The lowest BCUT2D eigenvalue weighted by Gasteiger charge is -2.07. The number of halogens is 3. The van der Waals surface area contributed by atoms with Crippen LogP contribution in [0, 0.1) is 0 Å². The summed E-state index contributed by atoms with van der Waals surface area (Å²) in [5.74, 6) is -3.92. The van der Waals surface area contributed by atoms with Crippen LogP contribution in [0.3, 0.4) is 0 Å². The van der Waals surface area contributed by atoms with Crippen LogP contribution in [0.25, 0.3) is 15.0 Å². The van der Waals surface area contributed by atoms with Crippen LogP contribution in [0.2, 0.25) is 0 Å². The zero-order valence-corrected chi connectivity index (χ0v) is 13.9. The number of hydrogen-bond donors (Lipinski definition) is 0. The molecule has 0 aliphatic rings. The largest absolute Gasteiger partial charge is 0.344 e. The Balaban J connectivity index is 1.90. The van der Waals surface area contributed by atoms with E-state index in [0.717, 1.165) is 6.08 Å². The van der Waals surface area contributed by atoms with Crippen molar-refractivity contribution in [2.75, 3.05) is 0 Å². The van der Waals surface area contributed by atoms with E-state index in [-0.39, 0.29) is 5.82 Å². The van der Waals surface area contributed by atoms with Gasteiger partial charge in [-0.2, -0.15) is 13.8 Å². The Labute approximate surface area is 145 Å². The molecule has 0 N–H and O–H groups in total. The maximum Gasteiger partial charge on any atom is 0.344 e. The van der Waals surface area contributed by atoms with Crippen LogP contribution in [0.4, 0.5) is 8.78 Å². The van der Waals surface area contributed by atoms with E-state index in [1.807, 2.05) is 34.7 Å². The number of hydrogen-bond acceptors (Lipinski definition) is 3. The second-order valence-electron chi connectivity index (χ2n) is 4.77. The fraction of sp³-hybridized carbons (Fsp3) is 0.0588. The first kappa shape index (κ1) is 15.8. The third-order valence-electron chi connectivity index (χ3n) is 3.10. The molecular weight excluding hydrogens is 413 g/mol. The molecule has 0 atom stereocenters. The lowest BCUT2D eigenvalue weighted by molar-refractivity contribution is 0.0167. The van der Waals surface area contributed by atoms with E-state index >= 15 is 0 Å². The Hall–Kier alpha value is -2.09. The highest BCUT2D eigenvalue weighted by atomic mass is 127. The molecule has 23 heavy (non-hydrogen) atoms. The van der Waals surface area contributed by atoms with E-state index in [1.165, 1.54) is 0 Å². The summed E-state index contributed by atoms with van der Waals surface area (Å²) in [6.07, 6.45) is 0.825. The molecule has 1 heterocycles. The van der Waals surface area contributed by atoms with Gasteiger partial charge in [0.2, 0.25) is 5.82 Å². The van der Waals surface area contributed by atoms with Gasteiger partial charge in [-0.25, -0.2) is 0 Å². The van der Waals surface area contributed by atoms with Crippen molar-refractivity contribution in [2.24, 2.45) is 0 Å². The highest BCUT2D eigenvalue weighted by Crippen LogP contribution is 2.35. The van der Waals surface area contributed by atoms with Gasteiger partial charge in [0.1, 0.15) is 0 Å². The van der Waals surface area contributed by atoms with Crippen LogP contribution in [0.5, 0.6) is 0 Å². The van der Waals surface area contributed by atoms with Crippen molar-refractivity contribution < 1.29 is 13.3 Å². The average molecular weight is 424 g/mol. The second-order valence-corrected chi connectivity index (χ2v) is 5.93. The Morgan fingerprint density at radius 3 is 2.26 bits per heavy atom. The van der Waals surface area contributed by atoms with Crippen molar-refractivity contribution in [3.63, 3.8) is 0 Å². The SMILES string of the molecule is FC(F)(/C=C(/I)c1ccccc1)c1nc(-c2ccccc2)no1. The first-order valence-electron chi connectivity index (χ1n) is 6.77. The zero-order valence-electron chi connectivity index (χ0n) is 11.8. The maximum absolute atomic E-state index is 14.3. The molecule has 0 spiro atoms. The lowest BCUT2D eigenvalue weighted by Crippen LogP contribution is -2.10. The highest BCUT2D eigenvalue weighted by Gasteiger charge is 2.36. The van der Waals surface area contributed by atoms with E-state index in [4.69, 9.17) is 4.52 Å². The molecular formula is C17H11F2IN2O. The number of benzene rings is 2. The molecule has 2 aromatic carbocycles. The number of alkyl halides is 2. The normalized spacial score (nSPS) is 12.4. The molecule has 1 aromatic heterocycles. The summed E-state index contributed by atoms with van der Waals surface area (Å²) in [6, 6.07) is 17.8. The molecule has 0 saturated carbocycles. The molecule has 6 heteroatoms. The predicted octanol–water partition coefficient (Wildman–Crippen LogP) is 5.30. The molecule has 3 nitrogen and oxygen atoms in total. The van der Waals surface area contributed by atoms with Gasteiger partial charge in [0.05, 0.1) is 0 Å². The Kier molecular flexibility index (Phi) is 4.51. The van der Waals surface area contributed by atoms with Gasteiger partial charge >= 0.3 is 11.8 Å². The molecule has 0 amide bonds. The van der Waals surface area contributed by atoms with Gasteiger partial charge in [0, 0.05) is 15.2 Å². The molecule has 0 aliphatic carbocycles. The molecule has 0 saturated heterocycles. The van der Waals surface area contributed by atoms with Gasteiger partial charge in [0.15, 0.2) is 0 Å². The predicted molar refractivity (Wildman–Crippen MR) is 92.1 cm³/mol. The third-order valence-corrected chi connectivity index (χ3v) is 4.03. The van der Waals surface area contributed by atoms with Crippen molar-refractivity contribution in [3.8, 4) is 11.4 Å². The summed E-state index contributed by atoms with van der Waals surface area (Å²) in [6.45, 7) is 0. The minimum Gasteiger partial charge on any atom is -0.332 e. The molecule has 0 aliphatic heterocycles. The van der Waals surface area contributed by atoms with E-state index < -0.39 is 11.8 Å². The quantitative estimate of drug-likeness (QED) is 0.534. The summed E-state index contributed by atoms with van der Waals surface area (Å²) in [5, 5.41) is 3.63. The van der Waals surface area contributed by atoms with Crippen molar-refractivity contribution in [1.29, 1.82) is 0 Å². The number of aromatic nitrogens is 2. The monoisotopic (exact) mass is 424 g/mol.